The van der Waals surface area contributed by atoms with E-state index >= 15 is 0 Å². The molecule has 0 saturated heterocycles. The molecular weight excluding hydrogens is 384 g/mol. The van der Waals surface area contributed by atoms with Gasteiger partial charge in [0.15, 0.2) is 5.16 Å². The van der Waals surface area contributed by atoms with Crippen LogP contribution in [0.3, 0.4) is 0 Å². The largest absolute Gasteiger partial charge is 0.467 e. The molecule has 0 fully saturated rings. The summed E-state index contributed by atoms with van der Waals surface area (Å²) in [4.78, 5) is 17.4. The van der Waals surface area contributed by atoms with E-state index in [-0.39, 0.29) is 11.2 Å². The van der Waals surface area contributed by atoms with Gasteiger partial charge in [0.25, 0.3) is 0 Å². The predicted octanol–water partition coefficient (Wildman–Crippen LogP) is 4.40. The Morgan fingerprint density at radius 1 is 1.21 bits per heavy atom. The van der Waals surface area contributed by atoms with Gasteiger partial charge in [0.1, 0.15) is 5.76 Å². The minimum Gasteiger partial charge on any atom is -0.467 e. The van der Waals surface area contributed by atoms with Crippen LogP contribution in [-0.4, -0.2) is 25.8 Å². The van der Waals surface area contributed by atoms with Crippen molar-refractivity contribution in [1.82, 2.24) is 19.9 Å². The summed E-state index contributed by atoms with van der Waals surface area (Å²) < 4.78 is 7.13. The zero-order valence-electron chi connectivity index (χ0n) is 16.5. The van der Waals surface area contributed by atoms with Gasteiger partial charge in [0.2, 0.25) is 5.91 Å². The number of fused-ring (bicyclic) bond motifs is 1. The van der Waals surface area contributed by atoms with Gasteiger partial charge >= 0.3 is 0 Å². The van der Waals surface area contributed by atoms with E-state index in [1.54, 1.807) is 12.3 Å². The first kappa shape index (κ1) is 19.3. The fourth-order valence-corrected chi connectivity index (χ4v) is 4.11. The monoisotopic (exact) mass is 406 g/mol. The number of thioether (sulfide) groups is 1. The van der Waals surface area contributed by atoms with E-state index < -0.39 is 0 Å². The van der Waals surface area contributed by atoms with Crippen LogP contribution >= 0.6 is 11.8 Å². The molecule has 4 rings (SSSR count). The average molecular weight is 407 g/mol. The molecule has 1 amide bonds. The summed E-state index contributed by atoms with van der Waals surface area (Å²) in [7, 11) is 0. The van der Waals surface area contributed by atoms with E-state index in [2.05, 4.69) is 23.4 Å². The van der Waals surface area contributed by atoms with E-state index in [0.717, 1.165) is 33.8 Å². The van der Waals surface area contributed by atoms with Crippen LogP contribution in [0.1, 0.15) is 23.9 Å². The SMILES string of the molecule is Cc1cc(C)c2c(-c3ccccc3)nc(S[C@@H](C)C(=O)NCc3ccco3)n2n1. The zero-order valence-corrected chi connectivity index (χ0v) is 17.4. The highest BCUT2D eigenvalue weighted by Crippen LogP contribution is 2.32. The Bertz CT molecular complexity index is 1140. The fraction of sp³-hybridized carbons (Fsp3) is 0.227. The lowest BCUT2D eigenvalue weighted by molar-refractivity contribution is -0.120. The Labute approximate surface area is 173 Å². The molecule has 29 heavy (non-hydrogen) atoms. The number of hydrogen-bond donors (Lipinski definition) is 1. The van der Waals surface area contributed by atoms with Crippen molar-refractivity contribution in [3.63, 3.8) is 0 Å². The number of carbonyl (C=O) groups is 1. The molecule has 7 heteroatoms. The molecule has 0 spiro atoms. The number of carbonyl (C=O) groups excluding carboxylic acids is 1. The van der Waals surface area contributed by atoms with Gasteiger partial charge in [-0.3, -0.25) is 4.79 Å². The molecule has 1 N–H and O–H groups in total. The number of furan rings is 1. The number of imidazole rings is 1. The molecule has 0 saturated carbocycles. The van der Waals surface area contributed by atoms with Crippen LogP contribution in [0.5, 0.6) is 0 Å². The van der Waals surface area contributed by atoms with Crippen molar-refractivity contribution in [3.05, 3.63) is 71.8 Å². The Kier molecular flexibility index (Phi) is 5.40. The number of aryl methyl sites for hydroxylation is 2. The van der Waals surface area contributed by atoms with Gasteiger partial charge < -0.3 is 9.73 Å². The first-order valence-corrected chi connectivity index (χ1v) is 10.3. The number of hydrogen-bond acceptors (Lipinski definition) is 5. The molecule has 4 aromatic rings. The maximum absolute atomic E-state index is 12.6. The normalized spacial score (nSPS) is 12.2. The van der Waals surface area contributed by atoms with E-state index in [1.165, 1.54) is 11.8 Å². The van der Waals surface area contributed by atoms with Crippen LogP contribution in [0.25, 0.3) is 16.8 Å². The summed E-state index contributed by atoms with van der Waals surface area (Å²) in [6.07, 6.45) is 1.60. The molecule has 0 bridgehead atoms. The van der Waals surface area contributed by atoms with Gasteiger partial charge in [-0.25, -0.2) is 9.50 Å². The predicted molar refractivity (Wildman–Crippen MR) is 114 cm³/mol. The number of amides is 1. The molecular formula is C22H22N4O2S. The second-order valence-corrected chi connectivity index (χ2v) is 8.20. The lowest BCUT2D eigenvalue weighted by Gasteiger charge is -2.10. The van der Waals surface area contributed by atoms with Gasteiger partial charge in [-0.1, -0.05) is 42.1 Å². The van der Waals surface area contributed by atoms with Crippen LogP contribution in [0, 0.1) is 13.8 Å². The molecule has 6 nitrogen and oxygen atoms in total. The first-order valence-electron chi connectivity index (χ1n) is 9.42. The van der Waals surface area contributed by atoms with Gasteiger partial charge in [0.05, 0.1) is 35.0 Å². The summed E-state index contributed by atoms with van der Waals surface area (Å²) in [6.45, 7) is 6.26. The van der Waals surface area contributed by atoms with E-state index in [0.29, 0.717) is 11.7 Å². The van der Waals surface area contributed by atoms with Crippen molar-refractivity contribution in [2.75, 3.05) is 0 Å². The number of rotatable bonds is 6. The van der Waals surface area contributed by atoms with E-state index in [1.807, 2.05) is 54.8 Å². The zero-order chi connectivity index (χ0) is 20.4. The summed E-state index contributed by atoms with van der Waals surface area (Å²) >= 11 is 1.40. The Hall–Kier alpha value is -3.06. The summed E-state index contributed by atoms with van der Waals surface area (Å²) in [6, 6.07) is 15.7. The Balaban J connectivity index is 1.64. The highest BCUT2D eigenvalue weighted by atomic mass is 32.2. The standard InChI is InChI=1S/C22H22N4O2S/c1-14-12-15(2)25-26-20(14)19(17-8-5-4-6-9-17)24-22(26)29-16(3)21(27)23-13-18-10-7-11-28-18/h4-12,16H,13H2,1-3H3,(H,23,27)/t16-/m0/s1. The molecule has 3 heterocycles. The maximum Gasteiger partial charge on any atom is 0.233 e. The third-order valence-corrected chi connectivity index (χ3v) is 5.64. The fourth-order valence-electron chi connectivity index (χ4n) is 3.22. The Morgan fingerprint density at radius 3 is 2.72 bits per heavy atom. The molecule has 148 valence electrons. The molecule has 0 aliphatic rings. The van der Waals surface area contributed by atoms with Crippen molar-refractivity contribution < 1.29 is 9.21 Å². The van der Waals surface area contributed by atoms with Crippen molar-refractivity contribution in [1.29, 1.82) is 0 Å². The number of aromatic nitrogens is 3. The quantitative estimate of drug-likeness (QED) is 0.481. The average Bonchev–Trinajstić information content (AvgIpc) is 3.35. The number of nitrogens with zero attached hydrogens (tertiary/aromatic N) is 3. The van der Waals surface area contributed by atoms with Gasteiger partial charge in [-0.15, -0.1) is 0 Å². The van der Waals surface area contributed by atoms with Crippen LogP contribution in [0.4, 0.5) is 0 Å². The van der Waals surface area contributed by atoms with Crippen molar-refractivity contribution in [2.45, 2.75) is 37.7 Å². The molecule has 3 aromatic heterocycles. The Morgan fingerprint density at radius 2 is 2.00 bits per heavy atom. The van der Waals surface area contributed by atoms with Crippen LogP contribution in [0.2, 0.25) is 0 Å². The van der Waals surface area contributed by atoms with Crippen LogP contribution < -0.4 is 5.32 Å². The lowest BCUT2D eigenvalue weighted by atomic mass is 10.1. The molecule has 1 atom stereocenters. The highest BCUT2D eigenvalue weighted by molar-refractivity contribution is 8.00. The maximum atomic E-state index is 12.6. The number of nitrogens with one attached hydrogen (secondary N) is 1. The van der Waals surface area contributed by atoms with Gasteiger partial charge in [-0.05, 0) is 44.5 Å². The summed E-state index contributed by atoms with van der Waals surface area (Å²) in [5.41, 5.74) is 4.88. The van der Waals surface area contributed by atoms with Crippen LogP contribution in [0.15, 0.2) is 64.4 Å². The van der Waals surface area contributed by atoms with E-state index in [4.69, 9.17) is 9.40 Å². The topological polar surface area (TPSA) is 72.4 Å². The minimum atomic E-state index is -0.332. The van der Waals surface area contributed by atoms with Gasteiger partial charge in [0, 0.05) is 5.56 Å². The molecule has 0 unspecified atom stereocenters. The van der Waals surface area contributed by atoms with Crippen molar-refractivity contribution in [3.8, 4) is 11.3 Å². The molecule has 1 aromatic carbocycles. The second kappa shape index (κ2) is 8.13. The van der Waals surface area contributed by atoms with Crippen LogP contribution in [-0.2, 0) is 11.3 Å². The van der Waals surface area contributed by atoms with Crippen molar-refractivity contribution in [2.24, 2.45) is 0 Å². The lowest BCUT2D eigenvalue weighted by Crippen LogP contribution is -2.30. The number of benzene rings is 1. The van der Waals surface area contributed by atoms with E-state index in [9.17, 15) is 4.79 Å². The molecule has 0 aliphatic carbocycles. The highest BCUT2D eigenvalue weighted by Gasteiger charge is 2.22. The van der Waals surface area contributed by atoms with Crippen molar-refractivity contribution >= 4 is 23.2 Å². The second-order valence-electron chi connectivity index (χ2n) is 6.90. The smallest absolute Gasteiger partial charge is 0.233 e. The summed E-state index contributed by atoms with van der Waals surface area (Å²) in [5, 5.41) is 7.94. The molecule has 0 radical (unpaired) electrons. The molecule has 0 aliphatic heterocycles. The summed E-state index contributed by atoms with van der Waals surface area (Å²) in [5.74, 6) is 0.648. The third kappa shape index (κ3) is 4.05. The van der Waals surface area contributed by atoms with Gasteiger partial charge in [-0.2, -0.15) is 5.10 Å². The minimum absolute atomic E-state index is 0.0752. The first-order chi connectivity index (χ1) is 14.0. The third-order valence-electron chi connectivity index (χ3n) is 4.60.